The number of hydrogen-bond acceptors (Lipinski definition) is 12. The number of carbonyl (C=O) groups is 3. The summed E-state index contributed by atoms with van der Waals surface area (Å²) in [5.41, 5.74) is -1.58. The van der Waals surface area contributed by atoms with Gasteiger partial charge in [0, 0.05) is 48.5 Å². The Morgan fingerprint density at radius 2 is 1.59 bits per heavy atom. The number of aliphatic carboxylic acids is 1. The molecule has 0 saturated carbocycles. The molecule has 0 radical (unpaired) electrons. The molecule has 0 bridgehead atoms. The number of carbonyl (C=O) groups excluding carboxylic acids is 3. The fourth-order valence-corrected chi connectivity index (χ4v) is 11.0. The van der Waals surface area contributed by atoms with Crippen LogP contribution in [-0.4, -0.2) is 100 Å². The molecule has 0 aliphatic carbocycles. The van der Waals surface area contributed by atoms with Gasteiger partial charge < -0.3 is 53.9 Å². The Kier molecular flexibility index (Phi) is 17.2. The number of carboxylic acids is 1. The molecule has 4 fully saturated rings. The van der Waals surface area contributed by atoms with E-state index in [1.54, 1.807) is 19.1 Å². The number of aliphatic hydroxyl groups is 2. The molecule has 5 aliphatic rings. The summed E-state index contributed by atoms with van der Waals surface area (Å²) in [4.78, 5) is 38.8. The van der Waals surface area contributed by atoms with Crippen LogP contribution in [0.25, 0.3) is 0 Å². The van der Waals surface area contributed by atoms with Gasteiger partial charge in [0.15, 0.2) is 5.79 Å². The van der Waals surface area contributed by atoms with Crippen molar-refractivity contribution in [3.8, 4) is 0 Å². The van der Waals surface area contributed by atoms with Gasteiger partial charge >= 0.3 is 35.7 Å². The third kappa shape index (κ3) is 10.00. The third-order valence-corrected chi connectivity index (χ3v) is 15.0. The molecule has 18 atom stereocenters. The SMILES string of the molecule is CCNC(=O)O[C@]1(CC)CC[C@H]([C@]2(C)CC[C@@]3(O[C@]4(C=C[C@H]3O)O[C@H]([C@@H](CC)C(=O)[C@@H](C)[C@@H](O)[C@H](C)[C@@H]3O[C@@H]([C@@H](CC)C(=O)[O-])CC[C@@H]3C)[C@@H](C)C[C@H]4C)O2)O[C@H]1C.[Na+]. The maximum atomic E-state index is 14.5. The van der Waals surface area contributed by atoms with Crippen LogP contribution in [0.5, 0.6) is 0 Å². The van der Waals surface area contributed by atoms with Gasteiger partial charge in [-0.2, -0.15) is 0 Å². The summed E-state index contributed by atoms with van der Waals surface area (Å²) in [6.45, 7) is 21.8. The standard InChI is InChI=1S/C45H75NO12.Na/c1-12-31(40(50)51)33-17-16-25(5)38(54-33)29(9)36(48)28(8)37(49)32(13-2)39-26(6)24-27(7)44(55-39)21-18-34(47)45(58-44)23-22-42(11,57-45)35-19-20-43(14-3,30(10)53-35)56-41(52)46-15-4;/h18,21,25-36,38-39,47-48H,12-17,19-20,22-24H2,1-11H3,(H,46,52)(H,50,51);/q;+1/p-1/t25-,26-,27+,28-,29-,30-,31+,32-,33+,34+,35+,36+,38+,39-,42-,43+,44-,45-;/m0./s1. The fraction of sp³-hybridized carbons (Fsp3) is 0.889. The van der Waals surface area contributed by atoms with Gasteiger partial charge in [0.05, 0.1) is 42.2 Å². The number of ether oxygens (including phenoxy) is 6. The largest absolute Gasteiger partial charge is 1.00 e. The van der Waals surface area contributed by atoms with Gasteiger partial charge in [0.1, 0.15) is 17.5 Å². The summed E-state index contributed by atoms with van der Waals surface area (Å²) >= 11 is 0. The maximum Gasteiger partial charge on any atom is 1.00 e. The molecule has 0 unspecified atom stereocenters. The predicted molar refractivity (Wildman–Crippen MR) is 214 cm³/mol. The molecule has 59 heavy (non-hydrogen) atoms. The van der Waals surface area contributed by atoms with Crippen molar-refractivity contribution < 1.29 is 87.7 Å². The summed E-state index contributed by atoms with van der Waals surface area (Å²) in [7, 11) is 0. The van der Waals surface area contributed by atoms with E-state index in [9.17, 15) is 29.7 Å². The Balaban J connectivity index is 0.00000769. The quantitative estimate of drug-likeness (QED) is 0.172. The molecule has 5 heterocycles. The molecule has 14 heteroatoms. The topological polar surface area (TPSA) is 182 Å². The molecular formula is C45H74NNaO12. The fourth-order valence-electron chi connectivity index (χ4n) is 11.0. The van der Waals surface area contributed by atoms with Crippen molar-refractivity contribution in [2.24, 2.45) is 41.4 Å². The second kappa shape index (κ2) is 20.1. The first-order valence-electron chi connectivity index (χ1n) is 22.4. The summed E-state index contributed by atoms with van der Waals surface area (Å²) in [5.74, 6) is -6.44. The maximum absolute atomic E-state index is 14.5. The number of alkyl carbamates (subject to hydrolysis) is 1. The van der Waals surface area contributed by atoms with Crippen molar-refractivity contribution in [3.63, 3.8) is 0 Å². The number of ketones is 1. The Bertz CT molecular complexity index is 1480. The number of rotatable bonds is 14. The minimum Gasteiger partial charge on any atom is -0.550 e. The number of Topliss-reactive ketones (excluding diaryl/α,β-unsaturated/α-hetero) is 1. The number of amides is 1. The number of nitrogens with one attached hydrogen (secondary N) is 1. The predicted octanol–water partition coefficient (Wildman–Crippen LogP) is 2.61. The van der Waals surface area contributed by atoms with Gasteiger partial charge in [-0.3, -0.25) is 4.79 Å². The van der Waals surface area contributed by atoms with Crippen LogP contribution in [0.4, 0.5) is 4.79 Å². The van der Waals surface area contributed by atoms with Gasteiger partial charge in [-0.25, -0.2) is 4.79 Å². The molecule has 2 spiro atoms. The van der Waals surface area contributed by atoms with Gasteiger partial charge in [-0.15, -0.1) is 0 Å². The van der Waals surface area contributed by atoms with Crippen molar-refractivity contribution in [3.05, 3.63) is 12.2 Å². The second-order valence-corrected chi connectivity index (χ2v) is 18.8. The van der Waals surface area contributed by atoms with Crippen molar-refractivity contribution in [1.29, 1.82) is 0 Å². The molecule has 1 amide bonds. The van der Waals surface area contributed by atoms with Crippen molar-refractivity contribution >= 4 is 17.8 Å². The van der Waals surface area contributed by atoms with Crippen LogP contribution in [0.2, 0.25) is 0 Å². The monoisotopic (exact) mass is 844 g/mol. The average Bonchev–Trinajstić information content (AvgIpc) is 3.53. The van der Waals surface area contributed by atoms with Crippen molar-refractivity contribution in [2.75, 3.05) is 6.54 Å². The van der Waals surface area contributed by atoms with Gasteiger partial charge in [-0.1, -0.05) is 55.4 Å². The van der Waals surface area contributed by atoms with Crippen LogP contribution < -0.4 is 40.0 Å². The molecule has 4 saturated heterocycles. The van der Waals surface area contributed by atoms with E-state index in [2.05, 4.69) is 19.2 Å². The Morgan fingerprint density at radius 3 is 2.19 bits per heavy atom. The van der Waals surface area contributed by atoms with E-state index in [0.717, 1.165) is 6.42 Å². The van der Waals surface area contributed by atoms with Gasteiger partial charge in [0.2, 0.25) is 5.79 Å². The molecular weight excluding hydrogens is 769 g/mol. The van der Waals surface area contributed by atoms with Crippen LogP contribution in [0.15, 0.2) is 12.2 Å². The average molecular weight is 844 g/mol. The summed E-state index contributed by atoms with van der Waals surface area (Å²) in [5, 5.41) is 37.9. The first-order valence-corrected chi connectivity index (χ1v) is 22.4. The molecule has 5 rings (SSSR count). The molecule has 5 aliphatic heterocycles. The normalized spacial score (nSPS) is 42.3. The summed E-state index contributed by atoms with van der Waals surface area (Å²) in [6.07, 6.45) is 4.39. The van der Waals surface area contributed by atoms with Gasteiger partial charge in [0.25, 0.3) is 0 Å². The zero-order chi connectivity index (χ0) is 43.0. The number of hydrogen-bond donors (Lipinski definition) is 3. The van der Waals surface area contributed by atoms with E-state index in [1.165, 1.54) is 0 Å². The van der Waals surface area contributed by atoms with Crippen LogP contribution in [0, 0.1) is 41.4 Å². The number of aliphatic hydroxyl groups excluding tert-OH is 2. The van der Waals surface area contributed by atoms with Crippen LogP contribution >= 0.6 is 0 Å². The zero-order valence-electron chi connectivity index (χ0n) is 38.0. The van der Waals surface area contributed by atoms with E-state index >= 15 is 0 Å². The van der Waals surface area contributed by atoms with E-state index in [-0.39, 0.29) is 59.2 Å². The zero-order valence-corrected chi connectivity index (χ0v) is 40.0. The van der Waals surface area contributed by atoms with Crippen LogP contribution in [0.1, 0.15) is 140 Å². The molecule has 0 aromatic carbocycles. The van der Waals surface area contributed by atoms with E-state index < -0.39 is 95.1 Å². The van der Waals surface area contributed by atoms with Gasteiger partial charge in [-0.05, 0) is 103 Å². The molecule has 13 nitrogen and oxygen atoms in total. The number of carboxylic acid groups (broad SMARTS) is 1. The van der Waals surface area contributed by atoms with E-state index in [1.807, 2.05) is 55.4 Å². The van der Waals surface area contributed by atoms with Crippen molar-refractivity contribution in [2.45, 2.75) is 206 Å². The van der Waals surface area contributed by atoms with E-state index in [0.29, 0.717) is 64.3 Å². The van der Waals surface area contributed by atoms with Crippen LogP contribution in [-0.2, 0) is 38.0 Å². The van der Waals surface area contributed by atoms with E-state index in [4.69, 9.17) is 28.4 Å². The molecule has 332 valence electrons. The van der Waals surface area contributed by atoms with Crippen molar-refractivity contribution in [1.82, 2.24) is 5.32 Å². The Morgan fingerprint density at radius 1 is 0.915 bits per heavy atom. The molecule has 0 aromatic heterocycles. The Hall–Kier alpha value is -1.13. The summed E-state index contributed by atoms with van der Waals surface area (Å²) < 4.78 is 39.8. The summed E-state index contributed by atoms with van der Waals surface area (Å²) in [6, 6.07) is 0. The second-order valence-electron chi connectivity index (χ2n) is 18.8. The minimum atomic E-state index is -1.42. The Labute approximate surface area is 375 Å². The third-order valence-electron chi connectivity index (χ3n) is 15.0. The van der Waals surface area contributed by atoms with Crippen LogP contribution in [0.3, 0.4) is 0 Å². The molecule has 3 N–H and O–H groups in total. The molecule has 0 aromatic rings. The smallest absolute Gasteiger partial charge is 0.550 e. The first kappa shape index (κ1) is 50.5. The first-order chi connectivity index (χ1) is 27.3. The minimum absolute atomic E-state index is 0.